The fourth-order valence-electron chi connectivity index (χ4n) is 5.93. The van der Waals surface area contributed by atoms with Gasteiger partial charge in [-0.2, -0.15) is 4.98 Å². The van der Waals surface area contributed by atoms with E-state index >= 15 is 0 Å². The number of piperidine rings is 2. The Hall–Kier alpha value is -3.06. The van der Waals surface area contributed by atoms with Gasteiger partial charge in [-0.05, 0) is 62.6 Å². The first-order valence-corrected chi connectivity index (χ1v) is 15.8. The van der Waals surface area contributed by atoms with Crippen molar-refractivity contribution in [1.29, 1.82) is 0 Å². The van der Waals surface area contributed by atoms with Crippen molar-refractivity contribution in [2.45, 2.75) is 63.0 Å². The molecule has 2 aromatic rings. The van der Waals surface area contributed by atoms with E-state index in [1.807, 2.05) is 0 Å². The maximum absolute atomic E-state index is 13.7. The molecule has 1 atom stereocenters. The molecule has 4 aliphatic rings. The molecule has 0 radical (unpaired) electrons. The third kappa shape index (κ3) is 6.25. The highest BCUT2D eigenvalue weighted by Crippen LogP contribution is 2.54. The molecule has 1 aromatic heterocycles. The number of carbonyl (C=O) groups excluding carboxylic acids is 1. The summed E-state index contributed by atoms with van der Waals surface area (Å²) in [5.74, 6) is -2.49. The van der Waals surface area contributed by atoms with Crippen molar-refractivity contribution in [3.8, 4) is 0 Å². The number of aryl methyl sites for hydroxylation is 1. The number of hydrogen-bond donors (Lipinski definition) is 2. The molecule has 1 aliphatic carbocycles. The van der Waals surface area contributed by atoms with Crippen molar-refractivity contribution in [2.24, 2.45) is 5.41 Å². The number of ether oxygens (including phenoxy) is 1. The van der Waals surface area contributed by atoms with Crippen LogP contribution in [0.15, 0.2) is 24.3 Å². The fraction of sp³-hybridized carbons (Fsp3) is 0.607. The zero-order chi connectivity index (χ0) is 28.8. The van der Waals surface area contributed by atoms with E-state index in [-0.39, 0.29) is 44.3 Å². The smallest absolute Gasteiger partial charge is 0.258 e. The highest BCUT2D eigenvalue weighted by molar-refractivity contribution is 7.93. The number of carbonyl (C=O) groups is 1. The molecule has 1 aromatic carbocycles. The van der Waals surface area contributed by atoms with E-state index in [1.54, 1.807) is 36.1 Å². The predicted octanol–water partition coefficient (Wildman–Crippen LogP) is 4.18. The molecule has 10 nitrogen and oxygen atoms in total. The van der Waals surface area contributed by atoms with E-state index in [4.69, 9.17) is 4.74 Å². The van der Waals surface area contributed by atoms with Crippen LogP contribution in [0.25, 0.3) is 0 Å². The first-order chi connectivity index (χ1) is 19.5. The first-order valence-electron chi connectivity index (χ1n) is 14.3. The van der Waals surface area contributed by atoms with Crippen molar-refractivity contribution in [1.82, 2.24) is 9.97 Å². The van der Waals surface area contributed by atoms with E-state index in [0.717, 1.165) is 25.9 Å². The van der Waals surface area contributed by atoms with Crippen molar-refractivity contribution in [2.75, 3.05) is 59.2 Å². The molecular weight excluding hydrogens is 554 g/mol. The highest BCUT2D eigenvalue weighted by Gasteiger charge is 2.44. The van der Waals surface area contributed by atoms with Crippen molar-refractivity contribution in [3.63, 3.8) is 0 Å². The van der Waals surface area contributed by atoms with E-state index in [1.165, 1.54) is 12.8 Å². The lowest BCUT2D eigenvalue weighted by Gasteiger charge is -2.35. The minimum atomic E-state index is -3.64. The summed E-state index contributed by atoms with van der Waals surface area (Å²) in [5.41, 5.74) is 2.49. The highest BCUT2D eigenvalue weighted by atomic mass is 32.2. The van der Waals surface area contributed by atoms with Gasteiger partial charge in [-0.25, -0.2) is 22.2 Å². The molecule has 41 heavy (non-hydrogen) atoms. The second kappa shape index (κ2) is 10.6. The molecular formula is C28H36F2N6O4S. The Labute approximate surface area is 238 Å². The van der Waals surface area contributed by atoms with Crippen LogP contribution in [-0.4, -0.2) is 74.9 Å². The summed E-state index contributed by atoms with van der Waals surface area (Å²) in [6.07, 6.45) is 4.45. The first kappa shape index (κ1) is 28.1. The lowest BCUT2D eigenvalue weighted by molar-refractivity contribution is -0.0222. The molecule has 1 amide bonds. The number of alkyl halides is 2. The molecule has 3 aliphatic heterocycles. The number of rotatable bonds is 7. The van der Waals surface area contributed by atoms with Gasteiger partial charge in [-0.15, -0.1) is 0 Å². The largest absolute Gasteiger partial charge is 0.380 e. The van der Waals surface area contributed by atoms with E-state index < -0.39 is 21.2 Å². The number of anilines is 4. The summed E-state index contributed by atoms with van der Waals surface area (Å²) in [4.78, 5) is 26.4. The van der Waals surface area contributed by atoms with Gasteiger partial charge >= 0.3 is 0 Å². The Balaban J connectivity index is 1.24. The number of hydrogen-bond acceptors (Lipinski definition) is 8. The molecule has 6 rings (SSSR count). The van der Waals surface area contributed by atoms with Crippen molar-refractivity contribution >= 4 is 39.1 Å². The van der Waals surface area contributed by atoms with Crippen LogP contribution in [0.3, 0.4) is 0 Å². The molecule has 4 heterocycles. The maximum atomic E-state index is 13.7. The molecule has 0 unspecified atom stereocenters. The SMILES string of the molecule is Cc1cc(NC(=O)c2ccc(NS(=O)(=O)[C@H]3CCOC3)cc2N2CCC3(CC2)CC3)nc(N2CCC(F)(F)CC2)n1. The zero-order valence-corrected chi connectivity index (χ0v) is 24.0. The maximum Gasteiger partial charge on any atom is 0.258 e. The molecule has 2 N–H and O–H groups in total. The van der Waals surface area contributed by atoms with Crippen molar-refractivity contribution in [3.05, 3.63) is 35.5 Å². The number of nitrogens with one attached hydrogen (secondary N) is 2. The van der Waals surface area contributed by atoms with E-state index in [9.17, 15) is 22.0 Å². The Kier molecular flexibility index (Phi) is 7.29. The number of sulfonamides is 1. The average Bonchev–Trinajstić information content (AvgIpc) is 3.42. The Bertz CT molecular complexity index is 1410. The van der Waals surface area contributed by atoms with Gasteiger partial charge in [0, 0.05) is 57.4 Å². The molecule has 222 valence electrons. The normalized spacial score (nSPS) is 23.4. The Morgan fingerprint density at radius 3 is 2.37 bits per heavy atom. The summed E-state index contributed by atoms with van der Waals surface area (Å²) >= 11 is 0. The quantitative estimate of drug-likeness (QED) is 0.493. The van der Waals surface area contributed by atoms with Gasteiger partial charge in [0.1, 0.15) is 11.1 Å². The third-order valence-electron chi connectivity index (χ3n) is 8.81. The minimum absolute atomic E-state index is 0.134. The van der Waals surface area contributed by atoms with E-state index in [2.05, 4.69) is 24.9 Å². The minimum Gasteiger partial charge on any atom is -0.380 e. The standard InChI is InChI=1S/C28H36F2N6O4S/c1-19-16-24(33-26(31-19)36-13-9-28(29,30)10-14-36)32-25(37)22-3-2-20(34-41(38,39)21-4-15-40-18-21)17-23(22)35-11-7-27(5-6-27)8-12-35/h2-3,16-17,21,34H,4-15,18H2,1H3,(H,31,32,33,37)/t21-/m0/s1. The third-order valence-corrected chi connectivity index (χ3v) is 10.6. The Morgan fingerprint density at radius 2 is 1.71 bits per heavy atom. The molecule has 1 spiro atoms. The van der Waals surface area contributed by atoms with Gasteiger partial charge in [0.15, 0.2) is 0 Å². The van der Waals surface area contributed by atoms with Crippen LogP contribution in [0.5, 0.6) is 0 Å². The van der Waals surface area contributed by atoms with Crippen LogP contribution in [0, 0.1) is 12.3 Å². The van der Waals surface area contributed by atoms with Gasteiger partial charge < -0.3 is 19.9 Å². The molecule has 3 saturated heterocycles. The number of nitrogens with zero attached hydrogens (tertiary/aromatic N) is 4. The summed E-state index contributed by atoms with van der Waals surface area (Å²) < 4.78 is 61.2. The lowest BCUT2D eigenvalue weighted by atomic mass is 9.93. The lowest BCUT2D eigenvalue weighted by Crippen LogP contribution is -2.40. The molecule has 1 saturated carbocycles. The molecule has 0 bridgehead atoms. The van der Waals surface area contributed by atoms with Crippen LogP contribution in [-0.2, 0) is 14.8 Å². The molecule has 4 fully saturated rings. The van der Waals surface area contributed by atoms with E-state index in [0.29, 0.717) is 47.0 Å². The van der Waals surface area contributed by atoms with Crippen LogP contribution in [0.1, 0.15) is 61.0 Å². The Morgan fingerprint density at radius 1 is 1.00 bits per heavy atom. The second-order valence-electron chi connectivity index (χ2n) is 11.8. The molecule has 13 heteroatoms. The number of aromatic nitrogens is 2. The van der Waals surface area contributed by atoms with Crippen LogP contribution < -0.4 is 19.8 Å². The number of amides is 1. The van der Waals surface area contributed by atoms with Gasteiger partial charge in [0.2, 0.25) is 16.0 Å². The van der Waals surface area contributed by atoms with Gasteiger partial charge in [0.05, 0.1) is 23.5 Å². The van der Waals surface area contributed by atoms with Gasteiger partial charge in [-0.1, -0.05) is 0 Å². The second-order valence-corrected chi connectivity index (χ2v) is 13.8. The predicted molar refractivity (Wildman–Crippen MR) is 152 cm³/mol. The van der Waals surface area contributed by atoms with Gasteiger partial charge in [-0.3, -0.25) is 9.52 Å². The number of halogens is 2. The summed E-state index contributed by atoms with van der Waals surface area (Å²) in [7, 11) is -3.64. The summed E-state index contributed by atoms with van der Waals surface area (Å²) in [5, 5.41) is 2.26. The topological polar surface area (TPSA) is 117 Å². The average molecular weight is 591 g/mol. The summed E-state index contributed by atoms with van der Waals surface area (Å²) in [6, 6.07) is 6.61. The zero-order valence-electron chi connectivity index (χ0n) is 23.2. The fourth-order valence-corrected chi connectivity index (χ4v) is 7.23. The number of benzene rings is 1. The summed E-state index contributed by atoms with van der Waals surface area (Å²) in [6.45, 7) is 4.18. The van der Waals surface area contributed by atoms with Crippen molar-refractivity contribution < 1.29 is 26.7 Å². The van der Waals surface area contributed by atoms with Crippen LogP contribution >= 0.6 is 0 Å². The van der Waals surface area contributed by atoms with Crippen LogP contribution in [0.4, 0.5) is 31.9 Å². The van der Waals surface area contributed by atoms with Crippen LogP contribution in [0.2, 0.25) is 0 Å². The van der Waals surface area contributed by atoms with Gasteiger partial charge in [0.25, 0.3) is 11.8 Å². The monoisotopic (exact) mass is 590 g/mol.